The molecule has 2 aromatic rings. The second-order valence-corrected chi connectivity index (χ2v) is 5.01. The molecule has 0 aliphatic carbocycles. The van der Waals surface area contributed by atoms with Crippen molar-refractivity contribution in [3.8, 4) is 5.75 Å². The van der Waals surface area contributed by atoms with Gasteiger partial charge in [0.05, 0.1) is 10.0 Å². The maximum Gasteiger partial charge on any atom is 0.335 e. The maximum absolute atomic E-state index is 11.7. The summed E-state index contributed by atoms with van der Waals surface area (Å²) >= 11 is 3.21. The minimum absolute atomic E-state index is 0.142. The molecule has 2 N–H and O–H groups in total. The Labute approximate surface area is 129 Å². The lowest BCUT2D eigenvalue weighted by molar-refractivity contribution is -0.118. The van der Waals surface area contributed by atoms with Crippen LogP contribution in [0, 0.1) is 0 Å². The van der Waals surface area contributed by atoms with Gasteiger partial charge in [-0.2, -0.15) is 0 Å². The fraction of sp³-hybridized carbons (Fsp3) is 0.0667. The summed E-state index contributed by atoms with van der Waals surface area (Å²) in [6.45, 7) is -0.167. The average molecular weight is 350 g/mol. The Hall–Kier alpha value is -2.34. The van der Waals surface area contributed by atoms with Crippen LogP contribution in [0.25, 0.3) is 0 Å². The third-order valence-electron chi connectivity index (χ3n) is 2.60. The Morgan fingerprint density at radius 1 is 1.14 bits per heavy atom. The minimum atomic E-state index is -1.02. The van der Waals surface area contributed by atoms with E-state index in [0.29, 0.717) is 15.9 Å². The number of rotatable bonds is 5. The number of aromatic carboxylic acids is 1. The van der Waals surface area contributed by atoms with Gasteiger partial charge in [0, 0.05) is 5.69 Å². The van der Waals surface area contributed by atoms with E-state index >= 15 is 0 Å². The number of carbonyl (C=O) groups excluding carboxylic acids is 1. The molecular weight excluding hydrogens is 338 g/mol. The molecule has 2 rings (SSSR count). The Bertz CT molecular complexity index is 658. The first kappa shape index (κ1) is 15.1. The van der Waals surface area contributed by atoms with E-state index in [1.54, 1.807) is 12.1 Å². The molecule has 6 heteroatoms. The number of ether oxygens (including phenoxy) is 1. The number of halogens is 1. The van der Waals surface area contributed by atoms with E-state index in [-0.39, 0.29) is 18.1 Å². The predicted molar refractivity (Wildman–Crippen MR) is 81.7 cm³/mol. The zero-order valence-corrected chi connectivity index (χ0v) is 12.5. The molecule has 21 heavy (non-hydrogen) atoms. The quantitative estimate of drug-likeness (QED) is 0.869. The molecule has 1 amide bonds. The van der Waals surface area contributed by atoms with Crippen molar-refractivity contribution in [2.24, 2.45) is 0 Å². The molecule has 0 aromatic heterocycles. The number of carboxylic acids is 1. The number of carboxylic acid groups (broad SMARTS) is 1. The van der Waals surface area contributed by atoms with Gasteiger partial charge in [-0.05, 0) is 46.3 Å². The topological polar surface area (TPSA) is 75.6 Å². The van der Waals surface area contributed by atoms with Gasteiger partial charge in [0.15, 0.2) is 6.61 Å². The van der Waals surface area contributed by atoms with Gasteiger partial charge < -0.3 is 15.2 Å². The van der Waals surface area contributed by atoms with Crippen LogP contribution in [0.1, 0.15) is 10.4 Å². The van der Waals surface area contributed by atoms with E-state index in [0.717, 1.165) is 0 Å². The van der Waals surface area contributed by atoms with Crippen LogP contribution in [0.3, 0.4) is 0 Å². The summed E-state index contributed by atoms with van der Waals surface area (Å²) in [5.74, 6) is -0.914. The largest absolute Gasteiger partial charge is 0.483 e. The number of anilines is 1. The molecule has 0 aliphatic rings. The van der Waals surface area contributed by atoms with Crippen LogP contribution in [0.5, 0.6) is 5.75 Å². The first-order chi connectivity index (χ1) is 10.1. The molecule has 0 fully saturated rings. The van der Waals surface area contributed by atoms with Crippen LogP contribution in [0.15, 0.2) is 53.0 Å². The van der Waals surface area contributed by atoms with Gasteiger partial charge in [0.1, 0.15) is 5.75 Å². The summed E-state index contributed by atoms with van der Waals surface area (Å²) in [7, 11) is 0. The lowest BCUT2D eigenvalue weighted by atomic mass is 10.2. The monoisotopic (exact) mass is 349 g/mol. The van der Waals surface area contributed by atoms with Gasteiger partial charge in [-0.15, -0.1) is 0 Å². The Morgan fingerprint density at radius 3 is 2.48 bits per heavy atom. The number of benzene rings is 2. The molecule has 0 heterocycles. The molecule has 2 aromatic carbocycles. The van der Waals surface area contributed by atoms with E-state index < -0.39 is 5.97 Å². The summed E-state index contributed by atoms with van der Waals surface area (Å²) in [5, 5.41) is 11.5. The molecule has 108 valence electrons. The lowest BCUT2D eigenvalue weighted by Crippen LogP contribution is -2.20. The van der Waals surface area contributed by atoms with Crippen LogP contribution in [-0.2, 0) is 4.79 Å². The zero-order valence-electron chi connectivity index (χ0n) is 10.9. The summed E-state index contributed by atoms with van der Waals surface area (Å²) in [6, 6.07) is 13.4. The Kier molecular flexibility index (Phi) is 4.94. The summed E-state index contributed by atoms with van der Waals surface area (Å²) < 4.78 is 5.84. The van der Waals surface area contributed by atoms with Gasteiger partial charge >= 0.3 is 5.97 Å². The first-order valence-corrected chi connectivity index (χ1v) is 6.86. The van der Waals surface area contributed by atoms with E-state index in [1.165, 1.54) is 18.2 Å². The molecule has 0 saturated carbocycles. The number of hydrogen-bond acceptors (Lipinski definition) is 3. The number of para-hydroxylation sites is 1. The average Bonchev–Trinajstić information content (AvgIpc) is 2.47. The molecule has 0 aliphatic heterocycles. The molecule has 0 spiro atoms. The van der Waals surface area contributed by atoms with Crippen LogP contribution >= 0.6 is 15.9 Å². The summed E-state index contributed by atoms with van der Waals surface area (Å²) in [6.07, 6.45) is 0. The number of carbonyl (C=O) groups is 2. The van der Waals surface area contributed by atoms with Crippen molar-refractivity contribution in [2.75, 3.05) is 11.9 Å². The molecular formula is C15H12BrNO4. The molecule has 0 bridgehead atoms. The highest BCUT2D eigenvalue weighted by atomic mass is 79.9. The Balaban J connectivity index is 1.94. The highest BCUT2D eigenvalue weighted by molar-refractivity contribution is 9.10. The van der Waals surface area contributed by atoms with Crippen LogP contribution < -0.4 is 10.1 Å². The van der Waals surface area contributed by atoms with Crippen molar-refractivity contribution >= 4 is 33.5 Å². The minimum Gasteiger partial charge on any atom is -0.483 e. The highest BCUT2D eigenvalue weighted by Crippen LogP contribution is 2.26. The van der Waals surface area contributed by atoms with Gasteiger partial charge in [-0.25, -0.2) is 4.79 Å². The van der Waals surface area contributed by atoms with Crippen molar-refractivity contribution in [1.82, 2.24) is 0 Å². The third kappa shape index (κ3) is 4.32. The van der Waals surface area contributed by atoms with Crippen molar-refractivity contribution in [3.63, 3.8) is 0 Å². The highest BCUT2D eigenvalue weighted by Gasteiger charge is 2.09. The van der Waals surface area contributed by atoms with Crippen LogP contribution in [0.2, 0.25) is 0 Å². The summed E-state index contributed by atoms with van der Waals surface area (Å²) in [4.78, 5) is 22.5. The van der Waals surface area contributed by atoms with E-state index in [9.17, 15) is 9.59 Å². The molecule has 0 atom stereocenters. The SMILES string of the molecule is O=C(COc1ccc(C(=O)O)cc1Br)Nc1ccccc1. The maximum atomic E-state index is 11.7. The van der Waals surface area contributed by atoms with Crippen molar-refractivity contribution in [2.45, 2.75) is 0 Å². The molecule has 0 radical (unpaired) electrons. The normalized spacial score (nSPS) is 9.95. The first-order valence-electron chi connectivity index (χ1n) is 6.07. The van der Waals surface area contributed by atoms with Gasteiger partial charge in [-0.3, -0.25) is 4.79 Å². The molecule has 0 unspecified atom stereocenters. The van der Waals surface area contributed by atoms with Crippen LogP contribution in [0.4, 0.5) is 5.69 Å². The van der Waals surface area contributed by atoms with Crippen molar-refractivity contribution < 1.29 is 19.4 Å². The van der Waals surface area contributed by atoms with E-state index in [4.69, 9.17) is 9.84 Å². The standard InChI is InChI=1S/C15H12BrNO4/c16-12-8-10(15(19)20)6-7-13(12)21-9-14(18)17-11-4-2-1-3-5-11/h1-8H,9H2,(H,17,18)(H,19,20). The fourth-order valence-corrected chi connectivity index (χ4v) is 2.11. The number of nitrogens with one attached hydrogen (secondary N) is 1. The van der Waals surface area contributed by atoms with Crippen LogP contribution in [-0.4, -0.2) is 23.6 Å². The predicted octanol–water partition coefficient (Wildman–Crippen LogP) is 3.16. The van der Waals surface area contributed by atoms with Crippen molar-refractivity contribution in [3.05, 3.63) is 58.6 Å². The van der Waals surface area contributed by atoms with Gasteiger partial charge in [0.2, 0.25) is 0 Å². The second kappa shape index (κ2) is 6.90. The summed E-state index contributed by atoms with van der Waals surface area (Å²) in [5.41, 5.74) is 0.828. The molecule has 5 nitrogen and oxygen atoms in total. The third-order valence-corrected chi connectivity index (χ3v) is 3.21. The fourth-order valence-electron chi connectivity index (χ4n) is 1.61. The number of hydrogen-bond donors (Lipinski definition) is 2. The molecule has 0 saturated heterocycles. The number of amides is 1. The van der Waals surface area contributed by atoms with Gasteiger partial charge in [0.25, 0.3) is 5.91 Å². The zero-order chi connectivity index (χ0) is 15.2. The van der Waals surface area contributed by atoms with E-state index in [1.807, 2.05) is 18.2 Å². The Morgan fingerprint density at radius 2 is 1.86 bits per heavy atom. The van der Waals surface area contributed by atoms with Crippen molar-refractivity contribution in [1.29, 1.82) is 0 Å². The smallest absolute Gasteiger partial charge is 0.335 e. The lowest BCUT2D eigenvalue weighted by Gasteiger charge is -2.09. The van der Waals surface area contributed by atoms with Gasteiger partial charge in [-0.1, -0.05) is 18.2 Å². The van der Waals surface area contributed by atoms with E-state index in [2.05, 4.69) is 21.2 Å². The second-order valence-electron chi connectivity index (χ2n) is 4.15.